The molecule has 0 radical (unpaired) electrons. The average Bonchev–Trinajstić information content (AvgIpc) is 2.71. The van der Waals surface area contributed by atoms with Crippen LogP contribution in [-0.4, -0.2) is 41.8 Å². The first-order valence-corrected chi connectivity index (χ1v) is 7.34. The lowest BCUT2D eigenvalue weighted by Gasteiger charge is -2.22. The first-order valence-electron chi connectivity index (χ1n) is 4.41. The lowest BCUT2D eigenvalue weighted by atomic mass is 10.2. The quantitative estimate of drug-likeness (QED) is 0.794. The van der Waals surface area contributed by atoms with Gasteiger partial charge in [-0.3, -0.25) is 0 Å². The number of halogens is 1. The van der Waals surface area contributed by atoms with Crippen LogP contribution >= 0.6 is 23.3 Å². The van der Waals surface area contributed by atoms with E-state index < -0.39 is 9.84 Å². The summed E-state index contributed by atoms with van der Waals surface area (Å²) in [7, 11) is -1.07. The Hall–Kier alpha value is -0.400. The third-order valence-corrected chi connectivity index (χ3v) is 5.15. The molecule has 0 amide bonds. The Morgan fingerprint density at radius 2 is 2.27 bits per heavy atom. The summed E-state index contributed by atoms with van der Waals surface area (Å²) in [6.07, 6.45) is 0.632. The summed E-state index contributed by atoms with van der Waals surface area (Å²) in [4.78, 5) is 1.80. The van der Waals surface area contributed by atoms with E-state index in [0.717, 1.165) is 11.7 Å². The van der Waals surface area contributed by atoms with Crippen LogP contribution < -0.4 is 4.90 Å². The molecule has 1 aromatic heterocycles. The maximum atomic E-state index is 11.3. The third-order valence-electron chi connectivity index (χ3n) is 2.52. The first-order chi connectivity index (χ1) is 6.99. The summed E-state index contributed by atoms with van der Waals surface area (Å²) < 4.78 is 30.5. The van der Waals surface area contributed by atoms with Gasteiger partial charge in [-0.15, -0.1) is 0 Å². The first kappa shape index (κ1) is 11.1. The van der Waals surface area contributed by atoms with Crippen LogP contribution in [0.2, 0.25) is 5.15 Å². The van der Waals surface area contributed by atoms with Gasteiger partial charge in [0.25, 0.3) is 0 Å². The molecule has 8 heteroatoms. The van der Waals surface area contributed by atoms with E-state index in [0.29, 0.717) is 17.4 Å². The highest BCUT2D eigenvalue weighted by Gasteiger charge is 2.32. The van der Waals surface area contributed by atoms with E-state index in [1.165, 1.54) is 0 Å². The van der Waals surface area contributed by atoms with E-state index in [2.05, 4.69) is 8.75 Å². The molecular weight excluding hydrogens is 258 g/mol. The summed E-state index contributed by atoms with van der Waals surface area (Å²) in [5, 5.41) is 0.340. The molecule has 1 atom stereocenters. The minimum atomic E-state index is -2.87. The Kier molecular flexibility index (Phi) is 2.87. The van der Waals surface area contributed by atoms with E-state index in [-0.39, 0.29) is 17.5 Å². The summed E-state index contributed by atoms with van der Waals surface area (Å²) in [6.45, 7) is 0. The SMILES string of the molecule is CN(c1nsnc1Cl)C1CCS(=O)(=O)C1. The average molecular weight is 268 g/mol. The predicted octanol–water partition coefficient (Wildman–Crippen LogP) is 0.815. The standard InChI is InChI=1S/C7H10ClN3O2S2/c1-11(7-6(8)9-14-10-7)5-2-3-15(12,13)4-5/h5H,2-4H2,1H3. The maximum absolute atomic E-state index is 11.3. The second kappa shape index (κ2) is 3.88. The van der Waals surface area contributed by atoms with Gasteiger partial charge in [-0.1, -0.05) is 11.6 Å². The Balaban J connectivity index is 2.17. The molecule has 15 heavy (non-hydrogen) atoms. The molecule has 1 aliphatic heterocycles. The van der Waals surface area contributed by atoms with E-state index in [1.807, 2.05) is 0 Å². The maximum Gasteiger partial charge on any atom is 0.187 e. The van der Waals surface area contributed by atoms with Crippen LogP contribution in [0.25, 0.3) is 0 Å². The topological polar surface area (TPSA) is 63.2 Å². The predicted molar refractivity (Wildman–Crippen MR) is 60.4 cm³/mol. The van der Waals surface area contributed by atoms with Gasteiger partial charge in [-0.05, 0) is 6.42 Å². The Morgan fingerprint density at radius 1 is 1.53 bits per heavy atom. The Morgan fingerprint density at radius 3 is 2.73 bits per heavy atom. The second-order valence-electron chi connectivity index (χ2n) is 3.55. The molecule has 0 aliphatic carbocycles. The summed E-state index contributed by atoms with van der Waals surface area (Å²) in [5.41, 5.74) is 0. The lowest BCUT2D eigenvalue weighted by Crippen LogP contribution is -2.32. The Labute approximate surface area is 97.3 Å². The number of hydrogen-bond acceptors (Lipinski definition) is 6. The van der Waals surface area contributed by atoms with E-state index in [1.54, 1.807) is 11.9 Å². The van der Waals surface area contributed by atoms with E-state index >= 15 is 0 Å². The van der Waals surface area contributed by atoms with E-state index in [9.17, 15) is 8.42 Å². The van der Waals surface area contributed by atoms with Crippen molar-refractivity contribution in [2.75, 3.05) is 23.5 Å². The minimum Gasteiger partial charge on any atom is -0.352 e. The molecule has 1 saturated heterocycles. The zero-order valence-electron chi connectivity index (χ0n) is 8.05. The zero-order chi connectivity index (χ0) is 11.1. The number of hydrogen-bond donors (Lipinski definition) is 0. The highest BCUT2D eigenvalue weighted by molar-refractivity contribution is 7.91. The van der Waals surface area contributed by atoms with Crippen LogP contribution in [0, 0.1) is 0 Å². The number of rotatable bonds is 2. The van der Waals surface area contributed by atoms with Gasteiger partial charge in [0.2, 0.25) is 0 Å². The van der Waals surface area contributed by atoms with Crippen LogP contribution in [0.1, 0.15) is 6.42 Å². The van der Waals surface area contributed by atoms with Gasteiger partial charge < -0.3 is 4.90 Å². The summed E-state index contributed by atoms with van der Waals surface area (Å²) >= 11 is 6.86. The van der Waals surface area contributed by atoms with Gasteiger partial charge in [0.05, 0.1) is 23.2 Å². The molecule has 2 rings (SSSR count). The summed E-state index contributed by atoms with van der Waals surface area (Å²) in [5.74, 6) is 0.998. The van der Waals surface area contributed by atoms with Crippen LogP contribution in [0.5, 0.6) is 0 Å². The van der Waals surface area contributed by atoms with Gasteiger partial charge in [0.15, 0.2) is 20.8 Å². The van der Waals surface area contributed by atoms with Gasteiger partial charge in [0, 0.05) is 13.1 Å². The normalized spacial score (nSPS) is 24.3. The van der Waals surface area contributed by atoms with Gasteiger partial charge >= 0.3 is 0 Å². The lowest BCUT2D eigenvalue weighted by molar-refractivity contribution is 0.600. The molecule has 5 nitrogen and oxygen atoms in total. The second-order valence-corrected chi connectivity index (χ2v) is 6.66. The fourth-order valence-electron chi connectivity index (χ4n) is 1.64. The van der Waals surface area contributed by atoms with Crippen LogP contribution in [0.15, 0.2) is 0 Å². The largest absolute Gasteiger partial charge is 0.352 e. The van der Waals surface area contributed by atoms with Crippen LogP contribution in [-0.2, 0) is 9.84 Å². The monoisotopic (exact) mass is 267 g/mol. The molecule has 0 aromatic carbocycles. The fraction of sp³-hybridized carbons (Fsp3) is 0.714. The molecule has 1 unspecified atom stereocenters. The highest BCUT2D eigenvalue weighted by Crippen LogP contribution is 2.27. The molecule has 1 aromatic rings. The van der Waals surface area contributed by atoms with Crippen molar-refractivity contribution in [3.05, 3.63) is 5.15 Å². The molecule has 0 N–H and O–H groups in total. The Bertz CT molecular complexity index is 459. The smallest absolute Gasteiger partial charge is 0.187 e. The molecule has 2 heterocycles. The van der Waals surface area contributed by atoms with Crippen molar-refractivity contribution >= 4 is 39.0 Å². The van der Waals surface area contributed by atoms with Crippen LogP contribution in [0.4, 0.5) is 5.82 Å². The molecule has 0 saturated carbocycles. The molecular formula is C7H10ClN3O2S2. The molecule has 1 aliphatic rings. The van der Waals surface area contributed by atoms with Crippen LogP contribution in [0.3, 0.4) is 0 Å². The van der Waals surface area contributed by atoms with Crippen molar-refractivity contribution in [2.24, 2.45) is 0 Å². The number of sulfone groups is 1. The third kappa shape index (κ3) is 2.24. The molecule has 1 fully saturated rings. The van der Waals surface area contributed by atoms with Gasteiger partial charge in [-0.2, -0.15) is 8.75 Å². The zero-order valence-corrected chi connectivity index (χ0v) is 10.4. The minimum absolute atomic E-state index is 0.0311. The number of nitrogens with zero attached hydrogens (tertiary/aromatic N) is 3. The fourth-order valence-corrected chi connectivity index (χ4v) is 4.22. The summed E-state index contributed by atoms with van der Waals surface area (Å²) in [6, 6.07) is -0.0311. The molecule has 0 spiro atoms. The van der Waals surface area contributed by atoms with Gasteiger partial charge in [-0.25, -0.2) is 8.42 Å². The molecule has 84 valence electrons. The van der Waals surface area contributed by atoms with Crippen molar-refractivity contribution < 1.29 is 8.42 Å². The van der Waals surface area contributed by atoms with Crippen molar-refractivity contribution in [1.82, 2.24) is 8.75 Å². The highest BCUT2D eigenvalue weighted by atomic mass is 35.5. The van der Waals surface area contributed by atoms with Crippen molar-refractivity contribution in [3.8, 4) is 0 Å². The van der Waals surface area contributed by atoms with Gasteiger partial charge in [0.1, 0.15) is 0 Å². The van der Waals surface area contributed by atoms with Crippen molar-refractivity contribution in [3.63, 3.8) is 0 Å². The van der Waals surface area contributed by atoms with Crippen molar-refractivity contribution in [1.29, 1.82) is 0 Å². The van der Waals surface area contributed by atoms with E-state index in [4.69, 9.17) is 11.6 Å². The number of aromatic nitrogens is 2. The van der Waals surface area contributed by atoms with Crippen molar-refractivity contribution in [2.45, 2.75) is 12.5 Å². The molecule has 0 bridgehead atoms. The number of anilines is 1.